The van der Waals surface area contributed by atoms with Crippen LogP contribution in [0.15, 0.2) is 42.9 Å². The van der Waals surface area contributed by atoms with Crippen molar-refractivity contribution < 1.29 is 9.18 Å². The maximum absolute atomic E-state index is 13.2. The summed E-state index contributed by atoms with van der Waals surface area (Å²) >= 11 is 0. The molecule has 0 radical (unpaired) electrons. The zero-order valence-electron chi connectivity index (χ0n) is 11.5. The molecule has 0 aliphatic heterocycles. The van der Waals surface area contributed by atoms with Gasteiger partial charge in [0.1, 0.15) is 5.82 Å². The minimum Gasteiger partial charge on any atom is -0.333 e. The summed E-state index contributed by atoms with van der Waals surface area (Å²) in [7, 11) is 1.69. The van der Waals surface area contributed by atoms with E-state index in [9.17, 15) is 9.18 Å². The Balaban J connectivity index is 2.25. The first-order chi connectivity index (χ1) is 9.63. The molecule has 1 unspecified atom stereocenters. The predicted molar refractivity (Wildman–Crippen MR) is 73.6 cm³/mol. The molecule has 20 heavy (non-hydrogen) atoms. The first-order valence-electron chi connectivity index (χ1n) is 6.42. The third-order valence-electron chi connectivity index (χ3n) is 3.16. The SMILES string of the molecule is CCC(c1ccccn1)N(C)C(=O)c1cncc(F)c1. The summed E-state index contributed by atoms with van der Waals surface area (Å²) in [6, 6.07) is 6.63. The maximum atomic E-state index is 13.2. The Hall–Kier alpha value is -2.30. The van der Waals surface area contributed by atoms with Crippen LogP contribution in [0.25, 0.3) is 0 Å². The fourth-order valence-electron chi connectivity index (χ4n) is 2.13. The van der Waals surface area contributed by atoms with Gasteiger partial charge in [0, 0.05) is 19.4 Å². The zero-order valence-corrected chi connectivity index (χ0v) is 11.5. The average Bonchev–Trinajstić information content (AvgIpc) is 2.48. The molecule has 0 aliphatic carbocycles. The lowest BCUT2D eigenvalue weighted by Crippen LogP contribution is -2.31. The molecule has 1 amide bonds. The second-order valence-corrected chi connectivity index (χ2v) is 4.49. The van der Waals surface area contributed by atoms with Gasteiger partial charge in [-0.1, -0.05) is 13.0 Å². The molecule has 2 heterocycles. The fourth-order valence-corrected chi connectivity index (χ4v) is 2.13. The van der Waals surface area contributed by atoms with Crippen LogP contribution in [0.2, 0.25) is 0 Å². The summed E-state index contributed by atoms with van der Waals surface area (Å²) < 4.78 is 13.2. The molecule has 104 valence electrons. The van der Waals surface area contributed by atoms with Crippen LogP contribution < -0.4 is 0 Å². The molecule has 0 spiro atoms. The summed E-state index contributed by atoms with van der Waals surface area (Å²) in [6.07, 6.45) is 4.86. The molecule has 0 N–H and O–H groups in total. The topological polar surface area (TPSA) is 46.1 Å². The number of carbonyl (C=O) groups excluding carboxylic acids is 1. The van der Waals surface area contributed by atoms with E-state index >= 15 is 0 Å². The minimum atomic E-state index is -0.518. The summed E-state index contributed by atoms with van der Waals surface area (Å²) in [5.41, 5.74) is 1.05. The second kappa shape index (κ2) is 6.23. The number of hydrogen-bond donors (Lipinski definition) is 0. The van der Waals surface area contributed by atoms with Crippen LogP contribution >= 0.6 is 0 Å². The molecule has 0 saturated carbocycles. The summed E-state index contributed by atoms with van der Waals surface area (Å²) in [5, 5.41) is 0. The number of carbonyl (C=O) groups is 1. The van der Waals surface area contributed by atoms with Gasteiger partial charge in [-0.15, -0.1) is 0 Å². The van der Waals surface area contributed by atoms with Gasteiger partial charge in [-0.25, -0.2) is 4.39 Å². The highest BCUT2D eigenvalue weighted by Gasteiger charge is 2.22. The van der Waals surface area contributed by atoms with Crippen molar-refractivity contribution in [1.82, 2.24) is 14.9 Å². The molecular formula is C15H16FN3O. The quantitative estimate of drug-likeness (QED) is 0.860. The highest BCUT2D eigenvalue weighted by Crippen LogP contribution is 2.22. The Morgan fingerprint density at radius 2 is 2.20 bits per heavy atom. The molecule has 2 aromatic rings. The van der Waals surface area contributed by atoms with Gasteiger partial charge in [-0.2, -0.15) is 0 Å². The van der Waals surface area contributed by atoms with Gasteiger partial charge in [0.25, 0.3) is 5.91 Å². The highest BCUT2D eigenvalue weighted by molar-refractivity contribution is 5.94. The smallest absolute Gasteiger partial charge is 0.255 e. The summed E-state index contributed by atoms with van der Waals surface area (Å²) in [4.78, 5) is 21.9. The lowest BCUT2D eigenvalue weighted by atomic mass is 10.1. The van der Waals surface area contributed by atoms with E-state index in [1.165, 1.54) is 12.3 Å². The van der Waals surface area contributed by atoms with Crippen molar-refractivity contribution in [2.75, 3.05) is 7.05 Å². The van der Waals surface area contributed by atoms with E-state index in [1.54, 1.807) is 18.1 Å². The Bertz CT molecular complexity index is 589. The van der Waals surface area contributed by atoms with Crippen molar-refractivity contribution in [1.29, 1.82) is 0 Å². The van der Waals surface area contributed by atoms with Crippen LogP contribution in [-0.2, 0) is 0 Å². The van der Waals surface area contributed by atoms with E-state index in [1.807, 2.05) is 25.1 Å². The van der Waals surface area contributed by atoms with Crippen molar-refractivity contribution in [2.45, 2.75) is 19.4 Å². The first kappa shape index (κ1) is 14.1. The van der Waals surface area contributed by atoms with Gasteiger partial charge < -0.3 is 4.90 Å². The van der Waals surface area contributed by atoms with Crippen molar-refractivity contribution in [3.8, 4) is 0 Å². The number of amides is 1. The van der Waals surface area contributed by atoms with E-state index in [0.717, 1.165) is 18.3 Å². The largest absolute Gasteiger partial charge is 0.333 e. The molecular weight excluding hydrogens is 257 g/mol. The van der Waals surface area contributed by atoms with Crippen molar-refractivity contribution in [3.05, 3.63) is 59.9 Å². The normalized spacial score (nSPS) is 11.9. The lowest BCUT2D eigenvalue weighted by Gasteiger charge is -2.26. The molecule has 2 aromatic heterocycles. The second-order valence-electron chi connectivity index (χ2n) is 4.49. The average molecular weight is 273 g/mol. The van der Waals surface area contributed by atoms with E-state index < -0.39 is 5.82 Å². The summed E-state index contributed by atoms with van der Waals surface area (Å²) in [5.74, 6) is -0.787. The molecule has 0 fully saturated rings. The van der Waals surface area contributed by atoms with Crippen LogP contribution in [0.1, 0.15) is 35.4 Å². The standard InChI is InChI=1S/C15H16FN3O/c1-3-14(13-6-4-5-7-18-13)19(2)15(20)11-8-12(16)10-17-9-11/h4-10,14H,3H2,1-2H3. The van der Waals surface area contributed by atoms with Gasteiger partial charge >= 0.3 is 0 Å². The molecule has 0 saturated heterocycles. The molecule has 0 aromatic carbocycles. The third-order valence-corrected chi connectivity index (χ3v) is 3.16. The van der Waals surface area contributed by atoms with Crippen molar-refractivity contribution >= 4 is 5.91 Å². The van der Waals surface area contributed by atoms with Gasteiger partial charge in [0.05, 0.1) is 23.5 Å². The Kier molecular flexibility index (Phi) is 4.40. The molecule has 1 atom stereocenters. The highest BCUT2D eigenvalue weighted by atomic mass is 19.1. The minimum absolute atomic E-state index is 0.146. The summed E-state index contributed by atoms with van der Waals surface area (Å²) in [6.45, 7) is 1.98. The molecule has 0 aliphatic rings. The van der Waals surface area contributed by atoms with E-state index in [4.69, 9.17) is 0 Å². The van der Waals surface area contributed by atoms with Gasteiger partial charge in [0.15, 0.2) is 0 Å². The molecule has 5 heteroatoms. The number of nitrogens with zero attached hydrogens (tertiary/aromatic N) is 3. The maximum Gasteiger partial charge on any atom is 0.255 e. The van der Waals surface area contributed by atoms with E-state index in [0.29, 0.717) is 0 Å². The number of pyridine rings is 2. The van der Waals surface area contributed by atoms with Gasteiger partial charge in [-0.3, -0.25) is 14.8 Å². The van der Waals surface area contributed by atoms with Gasteiger partial charge in [-0.05, 0) is 24.6 Å². The van der Waals surface area contributed by atoms with Crippen LogP contribution in [0.3, 0.4) is 0 Å². The Morgan fingerprint density at radius 1 is 1.40 bits per heavy atom. The van der Waals surface area contributed by atoms with E-state index in [2.05, 4.69) is 9.97 Å². The first-order valence-corrected chi connectivity index (χ1v) is 6.42. The number of halogens is 1. The number of aromatic nitrogens is 2. The molecule has 0 bridgehead atoms. The van der Waals surface area contributed by atoms with Crippen LogP contribution in [-0.4, -0.2) is 27.8 Å². The number of rotatable bonds is 4. The molecule has 2 rings (SSSR count). The van der Waals surface area contributed by atoms with Crippen LogP contribution in [0.5, 0.6) is 0 Å². The van der Waals surface area contributed by atoms with Gasteiger partial charge in [0.2, 0.25) is 0 Å². The number of hydrogen-bond acceptors (Lipinski definition) is 3. The van der Waals surface area contributed by atoms with Crippen LogP contribution in [0, 0.1) is 5.82 Å². The lowest BCUT2D eigenvalue weighted by molar-refractivity contribution is 0.0722. The third kappa shape index (κ3) is 2.99. The fraction of sp³-hybridized carbons (Fsp3) is 0.267. The van der Waals surface area contributed by atoms with Crippen LogP contribution in [0.4, 0.5) is 4.39 Å². The Labute approximate surface area is 117 Å². The van der Waals surface area contributed by atoms with E-state index in [-0.39, 0.29) is 17.5 Å². The zero-order chi connectivity index (χ0) is 14.5. The van der Waals surface area contributed by atoms with Crippen molar-refractivity contribution in [2.24, 2.45) is 0 Å². The molecule has 4 nitrogen and oxygen atoms in total. The Morgan fingerprint density at radius 3 is 2.80 bits per heavy atom. The van der Waals surface area contributed by atoms with Crippen molar-refractivity contribution in [3.63, 3.8) is 0 Å². The monoisotopic (exact) mass is 273 g/mol. The predicted octanol–water partition coefficient (Wildman–Crippen LogP) is 2.84.